The van der Waals surface area contributed by atoms with E-state index in [4.69, 9.17) is 0 Å². The van der Waals surface area contributed by atoms with Gasteiger partial charge in [-0.25, -0.2) is 0 Å². The highest BCUT2D eigenvalue weighted by atomic mass is 14.7. The van der Waals surface area contributed by atoms with Crippen molar-refractivity contribution in [2.75, 3.05) is 0 Å². The fourth-order valence-corrected chi connectivity index (χ4v) is 13.4. The summed E-state index contributed by atoms with van der Waals surface area (Å²) in [5.74, 6) is 4.01. The Morgan fingerprint density at radius 3 is 1.89 bits per heavy atom. The molecule has 8 fully saturated rings. The summed E-state index contributed by atoms with van der Waals surface area (Å²) in [7, 11) is 0. The molecule has 9 aliphatic rings. The van der Waals surface area contributed by atoms with Gasteiger partial charge in [-0.1, -0.05) is 50.2 Å². The summed E-state index contributed by atoms with van der Waals surface area (Å²) in [4.78, 5) is 0. The quantitative estimate of drug-likeness (QED) is 0.356. The maximum absolute atomic E-state index is 2.73. The van der Waals surface area contributed by atoms with Gasteiger partial charge in [0.15, 0.2) is 0 Å². The predicted octanol–water partition coefficient (Wildman–Crippen LogP) is 8.97. The molecule has 182 valence electrons. The average Bonchev–Trinajstić information content (AvgIpc) is 3.13. The fraction of sp³-hybridized carbons (Fsp3) is 0.657. The van der Waals surface area contributed by atoms with Gasteiger partial charge in [-0.15, -0.1) is 0 Å². The van der Waals surface area contributed by atoms with E-state index in [2.05, 4.69) is 50.2 Å². The maximum Gasteiger partial charge on any atom is -0.00104 e. The van der Waals surface area contributed by atoms with Gasteiger partial charge in [0, 0.05) is 0 Å². The van der Waals surface area contributed by atoms with E-state index >= 15 is 0 Å². The first-order valence-corrected chi connectivity index (χ1v) is 15.1. The molecule has 0 heteroatoms. The van der Waals surface area contributed by atoms with E-state index in [-0.39, 0.29) is 0 Å². The van der Waals surface area contributed by atoms with Crippen molar-refractivity contribution < 1.29 is 0 Å². The number of hydrogen-bond acceptors (Lipinski definition) is 0. The van der Waals surface area contributed by atoms with Gasteiger partial charge in [-0.3, -0.25) is 0 Å². The molecule has 0 aromatic heterocycles. The molecule has 0 N–H and O–H groups in total. The molecule has 9 aliphatic carbocycles. The van der Waals surface area contributed by atoms with Crippen LogP contribution in [-0.2, 0) is 17.3 Å². The van der Waals surface area contributed by atoms with Crippen molar-refractivity contribution in [2.45, 2.75) is 108 Å². The summed E-state index contributed by atoms with van der Waals surface area (Å²) in [5.41, 5.74) is 12.5. The summed E-state index contributed by atoms with van der Waals surface area (Å²) in [5, 5.41) is 0. The second-order valence-electron chi connectivity index (χ2n) is 16.0. The summed E-state index contributed by atoms with van der Waals surface area (Å²) in [6, 6.07) is 14.7. The zero-order valence-corrected chi connectivity index (χ0v) is 22.0. The number of hydrogen-bond donors (Lipinski definition) is 0. The van der Waals surface area contributed by atoms with Gasteiger partial charge in [0.25, 0.3) is 0 Å². The highest BCUT2D eigenvalue weighted by Crippen LogP contribution is 2.72. The van der Waals surface area contributed by atoms with Crippen molar-refractivity contribution >= 4 is 0 Å². The molecular weight excluding hydrogens is 420 g/mol. The third-order valence-corrected chi connectivity index (χ3v) is 12.8. The molecule has 0 aliphatic heterocycles. The minimum atomic E-state index is 0.450. The Bertz CT molecular complexity index is 1210. The Balaban J connectivity index is 1.29. The summed E-state index contributed by atoms with van der Waals surface area (Å²) < 4.78 is 0. The minimum absolute atomic E-state index is 0.450. The van der Waals surface area contributed by atoms with Crippen molar-refractivity contribution in [3.8, 4) is 11.1 Å². The summed E-state index contributed by atoms with van der Waals surface area (Å²) in [6.45, 7) is 5.36. The third-order valence-electron chi connectivity index (χ3n) is 12.8. The van der Waals surface area contributed by atoms with Crippen LogP contribution in [-0.4, -0.2) is 0 Å². The highest BCUT2D eigenvalue weighted by molar-refractivity contribution is 5.79. The van der Waals surface area contributed by atoms with Gasteiger partial charge >= 0.3 is 0 Å². The van der Waals surface area contributed by atoms with Crippen molar-refractivity contribution in [2.24, 2.45) is 34.5 Å². The van der Waals surface area contributed by atoms with E-state index < -0.39 is 0 Å². The van der Waals surface area contributed by atoms with Gasteiger partial charge in [-0.05, 0) is 162 Å². The van der Waals surface area contributed by atoms with E-state index in [1.54, 1.807) is 41.5 Å². The van der Waals surface area contributed by atoms with Crippen LogP contribution in [0.2, 0.25) is 0 Å². The standard InChI is InChI=1S/C35H42/c1-32-13-25-14-33(2,19-32)21-35(18-25,20-32)30-8-7-28-27-6-4-3-5-26(27)12-29(28)31(30)34-15-22-9-23(16-34)11-24(10-22)17-34/h3-8,22-25H,9-21H2,1-2H3. The zero-order chi connectivity index (χ0) is 23.2. The molecule has 2 aromatic rings. The van der Waals surface area contributed by atoms with E-state index in [9.17, 15) is 0 Å². The molecule has 35 heavy (non-hydrogen) atoms. The lowest BCUT2D eigenvalue weighted by molar-refractivity contribution is -0.111. The van der Waals surface area contributed by atoms with Gasteiger partial charge in [0.1, 0.15) is 0 Å². The van der Waals surface area contributed by atoms with Crippen molar-refractivity contribution in [1.82, 2.24) is 0 Å². The molecule has 8 saturated carbocycles. The highest BCUT2D eigenvalue weighted by Gasteiger charge is 2.62. The molecule has 2 atom stereocenters. The van der Waals surface area contributed by atoms with Crippen molar-refractivity contribution in [1.29, 1.82) is 0 Å². The van der Waals surface area contributed by atoms with Gasteiger partial charge < -0.3 is 0 Å². The normalized spacial score (nSPS) is 47.8. The molecule has 2 unspecified atom stereocenters. The van der Waals surface area contributed by atoms with Crippen molar-refractivity contribution in [3.05, 3.63) is 58.7 Å². The van der Waals surface area contributed by atoms with E-state index in [0.29, 0.717) is 21.7 Å². The Morgan fingerprint density at radius 1 is 0.600 bits per heavy atom. The van der Waals surface area contributed by atoms with Crippen LogP contribution in [0.25, 0.3) is 11.1 Å². The van der Waals surface area contributed by atoms with Crippen LogP contribution in [0.5, 0.6) is 0 Å². The van der Waals surface area contributed by atoms with Crippen LogP contribution < -0.4 is 0 Å². The lowest BCUT2D eigenvalue weighted by atomic mass is 9.38. The lowest BCUT2D eigenvalue weighted by Crippen LogP contribution is -2.58. The van der Waals surface area contributed by atoms with E-state index in [1.165, 1.54) is 64.2 Å². The SMILES string of the molecule is CC12CC3CC(C)(C1)CC(c1ccc4c(c1C15CC6CC(CC(C6)C1)C5)Cc1ccccc1-4)(C3)C2. The van der Waals surface area contributed by atoms with E-state index in [1.807, 2.05) is 11.1 Å². The van der Waals surface area contributed by atoms with Crippen LogP contribution in [0, 0.1) is 34.5 Å². The zero-order valence-electron chi connectivity index (χ0n) is 22.0. The maximum atomic E-state index is 2.73. The Hall–Kier alpha value is -1.56. The summed E-state index contributed by atoms with van der Waals surface area (Å²) >= 11 is 0. The third kappa shape index (κ3) is 2.65. The Morgan fingerprint density at radius 2 is 1.23 bits per heavy atom. The van der Waals surface area contributed by atoms with Crippen LogP contribution >= 0.6 is 0 Å². The Kier molecular flexibility index (Phi) is 3.68. The number of fused-ring (bicyclic) bond motifs is 3. The second kappa shape index (κ2) is 6.28. The van der Waals surface area contributed by atoms with Crippen LogP contribution in [0.1, 0.15) is 113 Å². The number of rotatable bonds is 2. The van der Waals surface area contributed by atoms with Crippen LogP contribution in [0.4, 0.5) is 0 Å². The predicted molar refractivity (Wildman–Crippen MR) is 144 cm³/mol. The molecule has 0 heterocycles. The van der Waals surface area contributed by atoms with Crippen molar-refractivity contribution in [3.63, 3.8) is 0 Å². The minimum Gasteiger partial charge on any atom is -0.0619 e. The Labute approximate surface area is 212 Å². The van der Waals surface area contributed by atoms with Gasteiger partial charge in [-0.2, -0.15) is 0 Å². The molecule has 11 rings (SSSR count). The van der Waals surface area contributed by atoms with Crippen LogP contribution in [0.15, 0.2) is 36.4 Å². The molecular formula is C35H42. The lowest BCUT2D eigenvalue weighted by Gasteiger charge is -2.67. The van der Waals surface area contributed by atoms with Gasteiger partial charge in [0.2, 0.25) is 0 Å². The molecule has 0 radical (unpaired) electrons. The molecule has 8 bridgehead atoms. The molecule has 0 spiro atoms. The average molecular weight is 463 g/mol. The molecule has 0 amide bonds. The largest absolute Gasteiger partial charge is 0.0619 e. The summed E-state index contributed by atoms with van der Waals surface area (Å²) in [6.07, 6.45) is 19.3. The van der Waals surface area contributed by atoms with E-state index in [0.717, 1.165) is 23.7 Å². The fourth-order valence-electron chi connectivity index (χ4n) is 13.4. The molecule has 2 aromatic carbocycles. The smallest absolute Gasteiger partial charge is 0.00104 e. The number of benzene rings is 2. The second-order valence-corrected chi connectivity index (χ2v) is 16.0. The first-order valence-electron chi connectivity index (χ1n) is 15.1. The van der Waals surface area contributed by atoms with Crippen LogP contribution in [0.3, 0.4) is 0 Å². The first kappa shape index (κ1) is 20.5. The molecule has 0 nitrogen and oxygen atoms in total. The van der Waals surface area contributed by atoms with Gasteiger partial charge in [0.05, 0.1) is 0 Å². The molecule has 0 saturated heterocycles. The monoisotopic (exact) mass is 462 g/mol. The first-order chi connectivity index (χ1) is 16.8. The topological polar surface area (TPSA) is 0 Å².